The number of hydrogen-bond donors (Lipinski definition) is 1. The van der Waals surface area contributed by atoms with Crippen molar-refractivity contribution in [3.63, 3.8) is 0 Å². The van der Waals surface area contributed by atoms with Gasteiger partial charge < -0.3 is 19.6 Å². The first-order valence-electron chi connectivity index (χ1n) is 11.1. The molecule has 2 aliphatic rings. The molecule has 1 N–H and O–H groups in total. The lowest BCUT2D eigenvalue weighted by atomic mass is 9.88. The minimum absolute atomic E-state index is 0.114. The molecule has 1 amide bonds. The number of likely N-dealkylation sites (N-methyl/N-ethyl adjacent to an activating group) is 1. The molecule has 32 heavy (non-hydrogen) atoms. The predicted octanol–water partition coefficient (Wildman–Crippen LogP) is 3.56. The molecule has 0 spiro atoms. The van der Waals surface area contributed by atoms with Gasteiger partial charge in [0.05, 0.1) is 18.7 Å². The summed E-state index contributed by atoms with van der Waals surface area (Å²) in [4.78, 5) is 29.7. The topological polar surface area (TPSA) is 70.1 Å². The predicted molar refractivity (Wildman–Crippen MR) is 124 cm³/mol. The number of nitrogens with zero attached hydrogens (tertiary/aromatic N) is 2. The van der Waals surface area contributed by atoms with E-state index in [0.29, 0.717) is 24.4 Å². The van der Waals surface area contributed by atoms with Crippen LogP contribution in [0.4, 0.5) is 0 Å². The third kappa shape index (κ3) is 4.15. The molecular formula is C26H30N2O4. The fourth-order valence-corrected chi connectivity index (χ4v) is 4.61. The van der Waals surface area contributed by atoms with Gasteiger partial charge >= 0.3 is 0 Å². The maximum absolute atomic E-state index is 13.1. The Morgan fingerprint density at radius 1 is 1.09 bits per heavy atom. The summed E-state index contributed by atoms with van der Waals surface area (Å²) in [5.74, 6) is -0.711. The van der Waals surface area contributed by atoms with E-state index in [1.165, 1.54) is 17.5 Å². The standard InChI is InChI=1S/C26H30N2O4/c1-27(2)13-14-28-23(19-9-6-10-21(16-19)32-3)22(25(30)26(28)31)24(29)20-12-11-17-7-4-5-8-18(17)15-20/h6,9-12,15-16,23,29H,4-5,7-8,13-14H2,1-3H3/b24-22-. The first-order chi connectivity index (χ1) is 15.4. The number of aliphatic hydroxyl groups excluding tert-OH is 1. The van der Waals surface area contributed by atoms with E-state index in [4.69, 9.17) is 4.74 Å². The molecule has 4 rings (SSSR count). The lowest BCUT2D eigenvalue weighted by molar-refractivity contribution is -0.140. The molecule has 1 fully saturated rings. The molecule has 2 aromatic carbocycles. The second-order valence-corrected chi connectivity index (χ2v) is 8.76. The molecule has 1 atom stereocenters. The average molecular weight is 435 g/mol. The van der Waals surface area contributed by atoms with E-state index in [0.717, 1.165) is 24.8 Å². The van der Waals surface area contributed by atoms with Crippen LogP contribution in [0.15, 0.2) is 48.0 Å². The highest BCUT2D eigenvalue weighted by Gasteiger charge is 2.46. The average Bonchev–Trinajstić information content (AvgIpc) is 3.06. The number of hydrogen-bond acceptors (Lipinski definition) is 5. The van der Waals surface area contributed by atoms with Gasteiger partial charge in [0.15, 0.2) is 0 Å². The summed E-state index contributed by atoms with van der Waals surface area (Å²) in [5, 5.41) is 11.3. The van der Waals surface area contributed by atoms with E-state index in [9.17, 15) is 14.7 Å². The van der Waals surface area contributed by atoms with Crippen molar-refractivity contribution in [2.75, 3.05) is 34.3 Å². The molecule has 6 nitrogen and oxygen atoms in total. The van der Waals surface area contributed by atoms with Gasteiger partial charge in [-0.15, -0.1) is 0 Å². The second-order valence-electron chi connectivity index (χ2n) is 8.76. The monoisotopic (exact) mass is 434 g/mol. The van der Waals surface area contributed by atoms with Crippen LogP contribution < -0.4 is 4.74 Å². The molecule has 2 aromatic rings. The minimum atomic E-state index is -0.666. The van der Waals surface area contributed by atoms with E-state index in [1.807, 2.05) is 61.5 Å². The third-order valence-corrected chi connectivity index (χ3v) is 6.36. The molecule has 0 saturated carbocycles. The lowest BCUT2D eigenvalue weighted by Gasteiger charge is -2.27. The fraction of sp³-hybridized carbons (Fsp3) is 0.385. The summed E-state index contributed by atoms with van der Waals surface area (Å²) in [5.41, 5.74) is 3.97. The van der Waals surface area contributed by atoms with Crippen LogP contribution in [0.1, 0.15) is 41.1 Å². The van der Waals surface area contributed by atoms with E-state index < -0.39 is 17.7 Å². The van der Waals surface area contributed by atoms with Crippen LogP contribution in [0.25, 0.3) is 5.76 Å². The molecule has 0 radical (unpaired) electrons. The van der Waals surface area contributed by atoms with Gasteiger partial charge in [0.25, 0.3) is 11.7 Å². The fourth-order valence-electron chi connectivity index (χ4n) is 4.61. The van der Waals surface area contributed by atoms with Gasteiger partial charge in [-0.1, -0.05) is 24.3 Å². The summed E-state index contributed by atoms with van der Waals surface area (Å²) in [6, 6.07) is 12.5. The number of aliphatic hydroxyl groups is 1. The quantitative estimate of drug-likeness (QED) is 0.428. The smallest absolute Gasteiger partial charge is 0.295 e. The summed E-state index contributed by atoms with van der Waals surface area (Å²) in [6.45, 7) is 0.979. The summed E-state index contributed by atoms with van der Waals surface area (Å²) >= 11 is 0. The van der Waals surface area contributed by atoms with Crippen LogP contribution in [0.3, 0.4) is 0 Å². The van der Waals surface area contributed by atoms with E-state index in [-0.39, 0.29) is 11.3 Å². The number of ether oxygens (including phenoxy) is 1. The van der Waals surface area contributed by atoms with Crippen molar-refractivity contribution in [2.45, 2.75) is 31.7 Å². The Morgan fingerprint density at radius 2 is 1.84 bits per heavy atom. The Bertz CT molecular complexity index is 1070. The van der Waals surface area contributed by atoms with Crippen LogP contribution in [-0.4, -0.2) is 60.9 Å². The molecule has 1 unspecified atom stereocenters. The second kappa shape index (κ2) is 9.17. The summed E-state index contributed by atoms with van der Waals surface area (Å²) in [7, 11) is 5.42. The van der Waals surface area contributed by atoms with Gasteiger partial charge in [0.2, 0.25) is 0 Å². The lowest BCUT2D eigenvalue weighted by Crippen LogP contribution is -2.35. The maximum atomic E-state index is 13.1. The highest BCUT2D eigenvalue weighted by Crippen LogP contribution is 2.40. The number of aryl methyl sites for hydroxylation is 2. The highest BCUT2D eigenvalue weighted by atomic mass is 16.5. The minimum Gasteiger partial charge on any atom is -0.507 e. The third-order valence-electron chi connectivity index (χ3n) is 6.36. The zero-order valence-electron chi connectivity index (χ0n) is 18.9. The first-order valence-corrected chi connectivity index (χ1v) is 11.1. The summed E-state index contributed by atoms with van der Waals surface area (Å²) < 4.78 is 5.37. The molecule has 6 heteroatoms. The Hall–Kier alpha value is -3.12. The molecule has 1 aliphatic heterocycles. The molecule has 0 aromatic heterocycles. The van der Waals surface area contributed by atoms with Crippen LogP contribution in [0.2, 0.25) is 0 Å². The molecule has 0 bridgehead atoms. The molecule has 1 heterocycles. The van der Waals surface area contributed by atoms with Crippen LogP contribution in [0, 0.1) is 0 Å². The zero-order chi connectivity index (χ0) is 22.8. The number of ketones is 1. The molecule has 168 valence electrons. The summed E-state index contributed by atoms with van der Waals surface area (Å²) in [6.07, 6.45) is 4.29. The Balaban J connectivity index is 1.83. The van der Waals surface area contributed by atoms with E-state index in [1.54, 1.807) is 12.0 Å². The van der Waals surface area contributed by atoms with Gasteiger partial charge in [0, 0.05) is 18.7 Å². The Morgan fingerprint density at radius 3 is 2.56 bits per heavy atom. The van der Waals surface area contributed by atoms with Gasteiger partial charge in [-0.2, -0.15) is 0 Å². The van der Waals surface area contributed by atoms with Gasteiger partial charge in [0.1, 0.15) is 11.5 Å². The van der Waals surface area contributed by atoms with Crippen molar-refractivity contribution in [3.8, 4) is 5.75 Å². The van der Waals surface area contributed by atoms with Gasteiger partial charge in [-0.3, -0.25) is 9.59 Å². The van der Waals surface area contributed by atoms with Crippen molar-refractivity contribution in [1.29, 1.82) is 0 Å². The molecular weight excluding hydrogens is 404 g/mol. The van der Waals surface area contributed by atoms with Gasteiger partial charge in [-0.05, 0) is 74.7 Å². The number of carbonyl (C=O) groups excluding carboxylic acids is 2. The van der Waals surface area contributed by atoms with Crippen LogP contribution >= 0.6 is 0 Å². The van der Waals surface area contributed by atoms with Crippen LogP contribution in [0.5, 0.6) is 5.75 Å². The van der Waals surface area contributed by atoms with E-state index in [2.05, 4.69) is 0 Å². The number of amides is 1. The maximum Gasteiger partial charge on any atom is 0.295 e. The zero-order valence-corrected chi connectivity index (χ0v) is 18.9. The number of methoxy groups -OCH3 is 1. The number of benzene rings is 2. The number of carbonyl (C=O) groups is 2. The van der Waals surface area contributed by atoms with Crippen molar-refractivity contribution >= 4 is 17.4 Å². The SMILES string of the molecule is COc1cccc(C2/C(=C(/O)c3ccc4c(c3)CCCC4)C(=O)C(=O)N2CCN(C)C)c1. The van der Waals surface area contributed by atoms with Crippen molar-refractivity contribution in [1.82, 2.24) is 9.80 Å². The number of Topliss-reactive ketones (excluding diaryl/α,β-unsaturated/α-hetero) is 1. The number of fused-ring (bicyclic) bond motifs is 1. The highest BCUT2D eigenvalue weighted by molar-refractivity contribution is 6.46. The normalized spacial score (nSPS) is 20.0. The Kier molecular flexibility index (Phi) is 6.33. The van der Waals surface area contributed by atoms with E-state index >= 15 is 0 Å². The van der Waals surface area contributed by atoms with Crippen molar-refractivity contribution in [3.05, 3.63) is 70.3 Å². The Labute approximate surface area is 189 Å². The largest absolute Gasteiger partial charge is 0.507 e. The molecule has 1 saturated heterocycles. The van der Waals surface area contributed by atoms with Crippen molar-refractivity contribution in [2.24, 2.45) is 0 Å². The van der Waals surface area contributed by atoms with Crippen LogP contribution in [-0.2, 0) is 22.4 Å². The molecule has 1 aliphatic carbocycles. The van der Waals surface area contributed by atoms with Crippen molar-refractivity contribution < 1.29 is 19.4 Å². The first kappa shape index (κ1) is 22.1. The number of rotatable bonds is 6. The number of likely N-dealkylation sites (tertiary alicyclic amines) is 1. The van der Waals surface area contributed by atoms with Gasteiger partial charge in [-0.25, -0.2) is 0 Å².